The molecule has 0 radical (unpaired) electrons. The maximum Gasteiger partial charge on any atom is 0.251 e. The summed E-state index contributed by atoms with van der Waals surface area (Å²) in [7, 11) is 0. The van der Waals surface area contributed by atoms with Crippen molar-refractivity contribution in [1.29, 1.82) is 5.26 Å². The van der Waals surface area contributed by atoms with Crippen LogP contribution in [0.15, 0.2) is 30.3 Å². The second-order valence-corrected chi connectivity index (χ2v) is 5.22. The van der Waals surface area contributed by atoms with Gasteiger partial charge in [0.2, 0.25) is 0 Å². The van der Waals surface area contributed by atoms with Crippen LogP contribution >= 0.6 is 0 Å². The quantitative estimate of drug-likeness (QED) is 0.835. The summed E-state index contributed by atoms with van der Waals surface area (Å²) in [6.07, 6.45) is 3.55. The molecular weight excluding hydrogens is 250 g/mol. The Kier molecular flexibility index (Phi) is 5.57. The van der Waals surface area contributed by atoms with E-state index in [1.165, 1.54) is 0 Å². The third kappa shape index (κ3) is 4.36. The van der Waals surface area contributed by atoms with Gasteiger partial charge < -0.3 is 10.2 Å². The Morgan fingerprint density at radius 1 is 1.30 bits per heavy atom. The van der Waals surface area contributed by atoms with Gasteiger partial charge in [0.25, 0.3) is 5.91 Å². The van der Waals surface area contributed by atoms with Crippen molar-refractivity contribution >= 4 is 5.91 Å². The molecule has 1 aliphatic rings. The molecule has 1 fully saturated rings. The lowest BCUT2D eigenvalue weighted by atomic mass is 10.0. The lowest BCUT2D eigenvalue weighted by molar-refractivity contribution is 0.0911. The fraction of sp³-hybridized carbons (Fsp3) is 0.500. The van der Waals surface area contributed by atoms with Gasteiger partial charge in [-0.05, 0) is 37.9 Å². The number of carbonyl (C=O) groups is 1. The highest BCUT2D eigenvalue weighted by Crippen LogP contribution is 2.12. The number of hydrogen-bond donors (Lipinski definition) is 1. The normalized spacial score (nSPS) is 16.6. The molecule has 2 rings (SSSR count). The second-order valence-electron chi connectivity index (χ2n) is 5.22. The van der Waals surface area contributed by atoms with Gasteiger partial charge in [-0.2, -0.15) is 5.26 Å². The predicted octanol–water partition coefficient (Wildman–Crippen LogP) is 2.18. The molecule has 0 atom stereocenters. The topological polar surface area (TPSA) is 56.1 Å². The predicted molar refractivity (Wildman–Crippen MR) is 78.2 cm³/mol. The summed E-state index contributed by atoms with van der Waals surface area (Å²) < 4.78 is 0. The largest absolute Gasteiger partial charge is 0.349 e. The molecule has 1 aromatic carbocycles. The number of nitrogens with zero attached hydrogens (tertiary/aromatic N) is 2. The summed E-state index contributed by atoms with van der Waals surface area (Å²) in [5.41, 5.74) is 0.726. The van der Waals surface area contributed by atoms with E-state index in [1.807, 2.05) is 30.3 Å². The SMILES string of the molecule is N#CCCCN1CCC(NC(=O)c2ccccc2)CC1. The Hall–Kier alpha value is -1.86. The fourth-order valence-electron chi connectivity index (χ4n) is 2.54. The van der Waals surface area contributed by atoms with Gasteiger partial charge in [0.15, 0.2) is 0 Å². The molecule has 1 aliphatic heterocycles. The third-order valence-electron chi connectivity index (χ3n) is 3.72. The van der Waals surface area contributed by atoms with E-state index < -0.39 is 0 Å². The van der Waals surface area contributed by atoms with Gasteiger partial charge in [0, 0.05) is 31.1 Å². The van der Waals surface area contributed by atoms with Crippen LogP contribution in [0, 0.1) is 11.3 Å². The van der Waals surface area contributed by atoms with Gasteiger partial charge >= 0.3 is 0 Å². The van der Waals surface area contributed by atoms with Crippen LogP contribution in [0.5, 0.6) is 0 Å². The molecule has 0 aliphatic carbocycles. The first-order chi connectivity index (χ1) is 9.79. The summed E-state index contributed by atoms with van der Waals surface area (Å²) in [4.78, 5) is 14.4. The molecule has 0 spiro atoms. The van der Waals surface area contributed by atoms with Crippen LogP contribution < -0.4 is 5.32 Å². The lowest BCUT2D eigenvalue weighted by Crippen LogP contribution is -2.44. The Morgan fingerprint density at radius 2 is 2.00 bits per heavy atom. The van der Waals surface area contributed by atoms with E-state index in [9.17, 15) is 4.79 Å². The highest BCUT2D eigenvalue weighted by atomic mass is 16.1. The summed E-state index contributed by atoms with van der Waals surface area (Å²) in [6.45, 7) is 3.00. The summed E-state index contributed by atoms with van der Waals surface area (Å²) in [5.74, 6) is 0.0218. The van der Waals surface area contributed by atoms with Crippen LogP contribution in [-0.4, -0.2) is 36.5 Å². The second kappa shape index (κ2) is 7.66. The molecule has 20 heavy (non-hydrogen) atoms. The van der Waals surface area contributed by atoms with Crippen molar-refractivity contribution in [1.82, 2.24) is 10.2 Å². The van der Waals surface area contributed by atoms with Crippen molar-refractivity contribution < 1.29 is 4.79 Å². The van der Waals surface area contributed by atoms with Crippen LogP contribution in [-0.2, 0) is 0 Å². The first kappa shape index (κ1) is 14.5. The molecule has 4 heteroatoms. The van der Waals surface area contributed by atoms with Gasteiger partial charge in [-0.15, -0.1) is 0 Å². The van der Waals surface area contributed by atoms with Crippen molar-refractivity contribution in [2.24, 2.45) is 0 Å². The molecule has 1 N–H and O–H groups in total. The zero-order chi connectivity index (χ0) is 14.2. The van der Waals surface area contributed by atoms with Crippen LogP contribution in [0.25, 0.3) is 0 Å². The average molecular weight is 271 g/mol. The third-order valence-corrected chi connectivity index (χ3v) is 3.72. The van der Waals surface area contributed by atoms with E-state index in [-0.39, 0.29) is 11.9 Å². The Labute approximate surface area is 120 Å². The van der Waals surface area contributed by atoms with E-state index in [1.54, 1.807) is 0 Å². The van der Waals surface area contributed by atoms with Gasteiger partial charge in [-0.3, -0.25) is 4.79 Å². The Morgan fingerprint density at radius 3 is 2.65 bits per heavy atom. The van der Waals surface area contributed by atoms with Crippen LogP contribution in [0.4, 0.5) is 0 Å². The zero-order valence-electron chi connectivity index (χ0n) is 11.7. The monoisotopic (exact) mass is 271 g/mol. The molecular formula is C16H21N3O. The van der Waals surface area contributed by atoms with Crippen LogP contribution in [0.2, 0.25) is 0 Å². The molecule has 0 bridgehead atoms. The van der Waals surface area contributed by atoms with Crippen molar-refractivity contribution in [2.45, 2.75) is 31.7 Å². The maximum absolute atomic E-state index is 12.0. The zero-order valence-corrected chi connectivity index (χ0v) is 11.7. The smallest absolute Gasteiger partial charge is 0.251 e. The van der Waals surface area contributed by atoms with Gasteiger partial charge in [-0.25, -0.2) is 0 Å². The molecule has 0 saturated carbocycles. The average Bonchev–Trinajstić information content (AvgIpc) is 2.50. The van der Waals surface area contributed by atoms with E-state index in [0.29, 0.717) is 6.42 Å². The number of amides is 1. The molecule has 4 nitrogen and oxygen atoms in total. The highest BCUT2D eigenvalue weighted by Gasteiger charge is 2.20. The summed E-state index contributed by atoms with van der Waals surface area (Å²) in [5, 5.41) is 11.6. The van der Waals surface area contributed by atoms with E-state index >= 15 is 0 Å². The van der Waals surface area contributed by atoms with E-state index in [0.717, 1.165) is 44.5 Å². The van der Waals surface area contributed by atoms with E-state index in [4.69, 9.17) is 5.26 Å². The van der Waals surface area contributed by atoms with Gasteiger partial charge in [0.1, 0.15) is 0 Å². The number of nitrogens with one attached hydrogen (secondary N) is 1. The van der Waals surface area contributed by atoms with Crippen LogP contribution in [0.3, 0.4) is 0 Å². The lowest BCUT2D eigenvalue weighted by Gasteiger charge is -2.32. The number of nitriles is 1. The number of hydrogen-bond acceptors (Lipinski definition) is 3. The summed E-state index contributed by atoms with van der Waals surface area (Å²) in [6, 6.07) is 11.8. The molecule has 1 heterocycles. The highest BCUT2D eigenvalue weighted by molar-refractivity contribution is 5.94. The van der Waals surface area contributed by atoms with Crippen LogP contribution in [0.1, 0.15) is 36.0 Å². The molecule has 0 aromatic heterocycles. The van der Waals surface area contributed by atoms with Crippen molar-refractivity contribution in [3.63, 3.8) is 0 Å². The first-order valence-corrected chi connectivity index (χ1v) is 7.25. The summed E-state index contributed by atoms with van der Waals surface area (Å²) >= 11 is 0. The Balaban J connectivity index is 1.72. The number of piperidine rings is 1. The molecule has 106 valence electrons. The number of unbranched alkanes of at least 4 members (excludes halogenated alkanes) is 1. The number of likely N-dealkylation sites (tertiary alicyclic amines) is 1. The van der Waals surface area contributed by atoms with Crippen molar-refractivity contribution in [2.75, 3.05) is 19.6 Å². The number of rotatable bonds is 5. The standard InChI is InChI=1S/C16H21N3O/c17-10-4-5-11-19-12-8-15(9-13-19)18-16(20)14-6-2-1-3-7-14/h1-3,6-7,15H,4-5,8-9,11-13H2,(H,18,20). The molecule has 1 saturated heterocycles. The number of carbonyl (C=O) groups excluding carboxylic acids is 1. The fourth-order valence-corrected chi connectivity index (χ4v) is 2.54. The van der Waals surface area contributed by atoms with Crippen molar-refractivity contribution in [3.8, 4) is 6.07 Å². The Bertz CT molecular complexity index is 458. The first-order valence-electron chi connectivity index (χ1n) is 7.25. The van der Waals surface area contributed by atoms with Crippen molar-refractivity contribution in [3.05, 3.63) is 35.9 Å². The maximum atomic E-state index is 12.0. The minimum atomic E-state index is 0.0218. The minimum Gasteiger partial charge on any atom is -0.349 e. The minimum absolute atomic E-state index is 0.0218. The number of benzene rings is 1. The molecule has 0 unspecified atom stereocenters. The van der Waals surface area contributed by atoms with Gasteiger partial charge in [-0.1, -0.05) is 18.2 Å². The molecule has 1 aromatic rings. The molecule has 1 amide bonds. The van der Waals surface area contributed by atoms with E-state index in [2.05, 4.69) is 16.3 Å². The van der Waals surface area contributed by atoms with Gasteiger partial charge in [0.05, 0.1) is 6.07 Å².